The van der Waals surface area contributed by atoms with Gasteiger partial charge in [-0.2, -0.15) is 0 Å². The van der Waals surface area contributed by atoms with Crippen LogP contribution in [0.2, 0.25) is 0 Å². The number of nitro groups is 1. The first-order chi connectivity index (χ1) is 7.95. The number of methoxy groups -OCH3 is 1. The second-order valence-corrected chi connectivity index (χ2v) is 4.18. The fraction of sp³-hybridized carbons (Fsp3) is 0.182. The summed E-state index contributed by atoms with van der Waals surface area (Å²) in [7, 11) is 1.26. The zero-order chi connectivity index (χ0) is 13.0. The van der Waals surface area contributed by atoms with Crippen molar-refractivity contribution in [2.45, 2.75) is 6.92 Å². The highest BCUT2D eigenvalue weighted by atomic mass is 79.9. The number of nitrogens with zero attached hydrogens (tertiary/aromatic N) is 1. The predicted octanol–water partition coefficient (Wildman–Crippen LogP) is 2.87. The minimum Gasteiger partial charge on any atom is -0.465 e. The van der Waals surface area contributed by atoms with Crippen LogP contribution in [0.25, 0.3) is 6.08 Å². The maximum Gasteiger partial charge on any atom is 0.338 e. The molecular formula is C11H10BrNO4. The topological polar surface area (TPSA) is 69.4 Å². The van der Waals surface area contributed by atoms with E-state index in [-0.39, 0.29) is 11.3 Å². The van der Waals surface area contributed by atoms with Gasteiger partial charge in [0.25, 0.3) is 0 Å². The maximum absolute atomic E-state index is 11.5. The van der Waals surface area contributed by atoms with Crippen molar-refractivity contribution in [3.63, 3.8) is 0 Å². The maximum atomic E-state index is 11.5. The Morgan fingerprint density at radius 1 is 1.53 bits per heavy atom. The number of rotatable bonds is 3. The van der Waals surface area contributed by atoms with Gasteiger partial charge < -0.3 is 4.74 Å². The first kappa shape index (κ1) is 13.4. The molecule has 0 atom stereocenters. The average molecular weight is 300 g/mol. The monoisotopic (exact) mass is 299 g/mol. The van der Waals surface area contributed by atoms with Crippen LogP contribution in [0.4, 0.5) is 0 Å². The Kier molecular flexibility index (Phi) is 4.39. The summed E-state index contributed by atoms with van der Waals surface area (Å²) in [5.74, 6) is -0.528. The lowest BCUT2D eigenvalue weighted by molar-refractivity contribution is -0.422. The van der Waals surface area contributed by atoms with Crippen LogP contribution < -0.4 is 0 Å². The molecule has 1 aromatic carbocycles. The molecule has 0 spiro atoms. The lowest BCUT2D eigenvalue weighted by Crippen LogP contribution is -2.04. The van der Waals surface area contributed by atoms with Crippen molar-refractivity contribution < 1.29 is 14.5 Å². The number of ether oxygens (including phenoxy) is 1. The van der Waals surface area contributed by atoms with Gasteiger partial charge >= 0.3 is 5.97 Å². The molecule has 0 bridgehead atoms. The summed E-state index contributed by atoms with van der Waals surface area (Å²) in [4.78, 5) is 21.5. The third-order valence-corrected chi connectivity index (χ3v) is 2.56. The molecule has 5 nitrogen and oxygen atoms in total. The Bertz CT molecular complexity index is 496. The number of halogens is 1. The van der Waals surface area contributed by atoms with E-state index in [9.17, 15) is 14.9 Å². The standard InChI is InChI=1S/C11H10BrNO4/c1-7(13(15)16)5-8-6-9(12)3-4-10(8)11(14)17-2/h3-6H,1-2H3. The van der Waals surface area contributed by atoms with Gasteiger partial charge in [-0.3, -0.25) is 10.1 Å². The largest absolute Gasteiger partial charge is 0.465 e. The number of carbonyl (C=O) groups excluding carboxylic acids is 1. The van der Waals surface area contributed by atoms with Gasteiger partial charge in [0.05, 0.1) is 17.6 Å². The minimum atomic E-state index is -0.528. The summed E-state index contributed by atoms with van der Waals surface area (Å²) in [5, 5.41) is 10.5. The highest BCUT2D eigenvalue weighted by Gasteiger charge is 2.13. The summed E-state index contributed by atoms with van der Waals surface area (Å²) in [6.07, 6.45) is 1.33. The zero-order valence-corrected chi connectivity index (χ0v) is 10.9. The second kappa shape index (κ2) is 5.58. The van der Waals surface area contributed by atoms with Crippen molar-refractivity contribution >= 4 is 28.0 Å². The molecule has 0 aliphatic carbocycles. The van der Waals surface area contributed by atoms with Crippen molar-refractivity contribution in [1.29, 1.82) is 0 Å². The molecule has 1 aromatic rings. The van der Waals surface area contributed by atoms with Crippen molar-refractivity contribution in [3.8, 4) is 0 Å². The van der Waals surface area contributed by atoms with Crippen LogP contribution in [-0.4, -0.2) is 18.0 Å². The predicted molar refractivity (Wildman–Crippen MR) is 66.1 cm³/mol. The summed E-state index contributed by atoms with van der Waals surface area (Å²) >= 11 is 3.24. The third-order valence-electron chi connectivity index (χ3n) is 2.07. The molecule has 0 aromatic heterocycles. The Labute approximate surface area is 106 Å². The van der Waals surface area contributed by atoms with E-state index in [1.807, 2.05) is 0 Å². The molecule has 0 amide bonds. The molecule has 0 radical (unpaired) electrons. The fourth-order valence-electron chi connectivity index (χ4n) is 1.23. The molecule has 0 N–H and O–H groups in total. The number of hydrogen-bond donors (Lipinski definition) is 0. The number of allylic oxidation sites excluding steroid dienone is 1. The van der Waals surface area contributed by atoms with E-state index < -0.39 is 10.9 Å². The van der Waals surface area contributed by atoms with Gasteiger partial charge in [0, 0.05) is 17.5 Å². The molecular weight excluding hydrogens is 290 g/mol. The highest BCUT2D eigenvalue weighted by Crippen LogP contribution is 2.20. The Morgan fingerprint density at radius 3 is 2.71 bits per heavy atom. The zero-order valence-electron chi connectivity index (χ0n) is 9.27. The van der Waals surface area contributed by atoms with Gasteiger partial charge in [0.1, 0.15) is 0 Å². The normalized spacial score (nSPS) is 11.1. The molecule has 0 saturated heterocycles. The first-order valence-corrected chi connectivity index (χ1v) is 5.45. The van der Waals surface area contributed by atoms with Gasteiger partial charge in [-0.05, 0) is 23.8 Å². The van der Waals surface area contributed by atoms with Gasteiger partial charge in [0.2, 0.25) is 5.70 Å². The number of benzene rings is 1. The van der Waals surface area contributed by atoms with Crippen LogP contribution in [0.1, 0.15) is 22.8 Å². The van der Waals surface area contributed by atoms with Crippen LogP contribution >= 0.6 is 15.9 Å². The lowest BCUT2D eigenvalue weighted by Gasteiger charge is -2.04. The van der Waals surface area contributed by atoms with Crippen LogP contribution in [-0.2, 0) is 4.74 Å². The second-order valence-electron chi connectivity index (χ2n) is 3.27. The van der Waals surface area contributed by atoms with Crippen LogP contribution in [0.5, 0.6) is 0 Å². The molecule has 90 valence electrons. The van der Waals surface area contributed by atoms with E-state index in [1.54, 1.807) is 18.2 Å². The van der Waals surface area contributed by atoms with Crippen molar-refractivity contribution in [3.05, 3.63) is 49.6 Å². The SMILES string of the molecule is COC(=O)c1ccc(Br)cc1C=C(C)[N+](=O)[O-]. The van der Waals surface area contributed by atoms with Crippen LogP contribution in [0.15, 0.2) is 28.4 Å². The molecule has 0 aliphatic heterocycles. The lowest BCUT2D eigenvalue weighted by atomic mass is 10.1. The fourth-order valence-corrected chi connectivity index (χ4v) is 1.61. The first-order valence-electron chi connectivity index (χ1n) is 4.66. The summed E-state index contributed by atoms with van der Waals surface area (Å²) in [5.41, 5.74) is 0.686. The molecule has 0 saturated carbocycles. The van der Waals surface area contributed by atoms with E-state index in [0.717, 1.165) is 4.47 Å². The molecule has 1 rings (SSSR count). The highest BCUT2D eigenvalue weighted by molar-refractivity contribution is 9.10. The van der Waals surface area contributed by atoms with Crippen molar-refractivity contribution in [1.82, 2.24) is 0 Å². The number of carbonyl (C=O) groups is 1. The van der Waals surface area contributed by atoms with Gasteiger partial charge in [-0.25, -0.2) is 4.79 Å². The Morgan fingerprint density at radius 2 is 2.18 bits per heavy atom. The summed E-state index contributed by atoms with van der Waals surface area (Å²) < 4.78 is 5.33. The van der Waals surface area contributed by atoms with E-state index >= 15 is 0 Å². The van der Waals surface area contributed by atoms with E-state index in [0.29, 0.717) is 5.56 Å². The van der Waals surface area contributed by atoms with Gasteiger partial charge in [-0.15, -0.1) is 0 Å². The van der Waals surface area contributed by atoms with Crippen LogP contribution in [0, 0.1) is 10.1 Å². The molecule has 6 heteroatoms. The quantitative estimate of drug-likeness (QED) is 0.489. The number of hydrogen-bond acceptors (Lipinski definition) is 4. The molecule has 17 heavy (non-hydrogen) atoms. The van der Waals surface area contributed by atoms with Gasteiger partial charge in [-0.1, -0.05) is 15.9 Å². The van der Waals surface area contributed by atoms with Crippen molar-refractivity contribution in [2.24, 2.45) is 0 Å². The average Bonchev–Trinajstić information content (AvgIpc) is 2.28. The molecule has 0 heterocycles. The molecule has 0 unspecified atom stereocenters. The molecule has 0 fully saturated rings. The summed E-state index contributed by atoms with van der Waals surface area (Å²) in [6, 6.07) is 4.85. The minimum absolute atomic E-state index is 0.0479. The summed E-state index contributed by atoms with van der Waals surface area (Å²) in [6.45, 7) is 1.36. The smallest absolute Gasteiger partial charge is 0.338 e. The Balaban J connectivity index is 3.30. The number of esters is 1. The van der Waals surface area contributed by atoms with Crippen LogP contribution in [0.3, 0.4) is 0 Å². The van der Waals surface area contributed by atoms with Crippen molar-refractivity contribution in [2.75, 3.05) is 7.11 Å². The Hall–Kier alpha value is -1.69. The van der Waals surface area contributed by atoms with E-state index in [1.165, 1.54) is 20.1 Å². The molecule has 0 aliphatic rings. The van der Waals surface area contributed by atoms with Gasteiger partial charge in [0.15, 0.2) is 0 Å². The van der Waals surface area contributed by atoms with E-state index in [4.69, 9.17) is 0 Å². The third kappa shape index (κ3) is 3.39. The van der Waals surface area contributed by atoms with E-state index in [2.05, 4.69) is 20.7 Å².